The molecule has 5 rings (SSSR count). The summed E-state index contributed by atoms with van der Waals surface area (Å²) >= 11 is 0. The van der Waals surface area contributed by atoms with E-state index in [-0.39, 0.29) is 30.0 Å². The van der Waals surface area contributed by atoms with E-state index in [0.717, 1.165) is 56.8 Å². The fourth-order valence-corrected chi connectivity index (χ4v) is 5.80. The van der Waals surface area contributed by atoms with E-state index in [1.807, 2.05) is 18.2 Å². The van der Waals surface area contributed by atoms with Crippen molar-refractivity contribution >= 4 is 40.4 Å². The van der Waals surface area contributed by atoms with E-state index < -0.39 is 41.5 Å². The van der Waals surface area contributed by atoms with Crippen LogP contribution in [0, 0.1) is 11.8 Å². The molecule has 40 heavy (non-hydrogen) atoms. The highest BCUT2D eigenvalue weighted by atomic mass is 16.3. The third kappa shape index (κ3) is 7.08. The van der Waals surface area contributed by atoms with E-state index in [0.29, 0.717) is 25.0 Å². The zero-order valence-corrected chi connectivity index (χ0v) is 22.7. The molecule has 0 bridgehead atoms. The summed E-state index contributed by atoms with van der Waals surface area (Å²) in [5, 5.41) is 11.9. The number of furan rings is 1. The average molecular weight is 551 g/mol. The zero-order valence-electron chi connectivity index (χ0n) is 22.7. The summed E-state index contributed by atoms with van der Waals surface area (Å²) in [6, 6.07) is 6.79. The number of piperidine rings is 1. The number of fused-ring (bicyclic) bond motifs is 1. The predicted octanol–water partition coefficient (Wildman–Crippen LogP) is 2.75. The van der Waals surface area contributed by atoms with Gasteiger partial charge in [-0.25, -0.2) is 0 Å². The van der Waals surface area contributed by atoms with Gasteiger partial charge in [0.25, 0.3) is 11.8 Å². The molecule has 2 aliphatic carbocycles. The number of rotatable bonds is 11. The molecule has 2 saturated carbocycles. The highest BCUT2D eigenvalue weighted by Gasteiger charge is 2.37. The van der Waals surface area contributed by atoms with Gasteiger partial charge < -0.3 is 25.7 Å². The molecule has 2 aromatic rings. The van der Waals surface area contributed by atoms with Crippen LogP contribution in [0.3, 0.4) is 0 Å². The number of ketones is 1. The molecule has 10 heteroatoms. The third-order valence-electron chi connectivity index (χ3n) is 8.25. The molecule has 0 unspecified atom stereocenters. The van der Waals surface area contributed by atoms with Crippen molar-refractivity contribution in [2.45, 2.75) is 88.8 Å². The number of carbonyl (C=O) groups is 5. The Morgan fingerprint density at radius 1 is 0.900 bits per heavy atom. The fourth-order valence-electron chi connectivity index (χ4n) is 5.80. The number of hydrogen-bond donors (Lipinski definition) is 4. The molecule has 1 saturated heterocycles. The van der Waals surface area contributed by atoms with E-state index >= 15 is 0 Å². The van der Waals surface area contributed by atoms with Crippen LogP contribution in [0.4, 0.5) is 0 Å². The van der Waals surface area contributed by atoms with Crippen LogP contribution in [-0.4, -0.2) is 54.1 Å². The molecular formula is C30H38N4O6. The van der Waals surface area contributed by atoms with Crippen molar-refractivity contribution in [3.05, 3.63) is 36.1 Å². The van der Waals surface area contributed by atoms with Crippen LogP contribution in [0.1, 0.15) is 81.2 Å². The van der Waals surface area contributed by atoms with Crippen molar-refractivity contribution < 1.29 is 28.4 Å². The molecule has 10 nitrogen and oxygen atoms in total. The second-order valence-corrected chi connectivity index (χ2v) is 11.5. The normalized spacial score (nSPS) is 21.2. The maximum atomic E-state index is 13.7. The van der Waals surface area contributed by atoms with Gasteiger partial charge in [-0.2, -0.15) is 0 Å². The van der Waals surface area contributed by atoms with Crippen molar-refractivity contribution in [3.63, 3.8) is 0 Å². The highest BCUT2D eigenvalue weighted by molar-refractivity contribution is 6.38. The van der Waals surface area contributed by atoms with Crippen molar-refractivity contribution in [1.29, 1.82) is 0 Å². The topological polar surface area (TPSA) is 147 Å². The molecular weight excluding hydrogens is 512 g/mol. The minimum absolute atomic E-state index is 0.0204. The van der Waals surface area contributed by atoms with Gasteiger partial charge >= 0.3 is 0 Å². The van der Waals surface area contributed by atoms with Gasteiger partial charge in [0.2, 0.25) is 17.6 Å². The summed E-state index contributed by atoms with van der Waals surface area (Å²) in [5.41, 5.74) is 0.569. The first-order valence-corrected chi connectivity index (χ1v) is 14.6. The van der Waals surface area contributed by atoms with Gasteiger partial charge in [0.15, 0.2) is 5.76 Å². The average Bonchev–Trinajstić information content (AvgIpc) is 3.67. The Labute approximate surface area is 233 Å². The Balaban J connectivity index is 1.33. The monoisotopic (exact) mass is 550 g/mol. The van der Waals surface area contributed by atoms with Crippen LogP contribution >= 0.6 is 0 Å². The minimum atomic E-state index is -1.17. The molecule has 1 aliphatic heterocycles. The van der Waals surface area contributed by atoms with E-state index in [2.05, 4.69) is 21.3 Å². The maximum Gasteiger partial charge on any atom is 0.289 e. The van der Waals surface area contributed by atoms with Gasteiger partial charge in [-0.3, -0.25) is 24.0 Å². The Bertz CT molecular complexity index is 1230. The van der Waals surface area contributed by atoms with Crippen molar-refractivity contribution in [2.75, 3.05) is 6.54 Å². The zero-order chi connectivity index (χ0) is 28.1. The van der Waals surface area contributed by atoms with Crippen LogP contribution in [0.5, 0.6) is 0 Å². The van der Waals surface area contributed by atoms with Crippen molar-refractivity contribution in [1.82, 2.24) is 21.3 Å². The largest absolute Gasteiger partial charge is 0.451 e. The smallest absolute Gasteiger partial charge is 0.289 e. The summed E-state index contributed by atoms with van der Waals surface area (Å²) in [4.78, 5) is 65.3. The fraction of sp³-hybridized carbons (Fsp3) is 0.567. The standard InChI is InChI=1S/C30H38N4O6/c35-26(30(39)32-21-12-13-21)22(16-20-10-6-14-31-27(20)36)33-28(37)23(15-18-7-2-1-3-8-18)34-29(38)25-17-19-9-4-5-11-24(19)40-25/h4-5,9,11,17-18,20-23H,1-3,6-8,10,12-16H2,(H,31,36)(H,32,39)(H,33,37)(H,34,38)/t20-,22-,23-/m0/s1. The first-order valence-electron chi connectivity index (χ1n) is 14.6. The molecule has 3 aliphatic rings. The van der Waals surface area contributed by atoms with Gasteiger partial charge in [0.05, 0.1) is 6.04 Å². The number of Topliss-reactive ketones (excluding diaryl/α,β-unsaturated/α-hetero) is 1. The van der Waals surface area contributed by atoms with Gasteiger partial charge in [-0.05, 0) is 56.6 Å². The van der Waals surface area contributed by atoms with Crippen molar-refractivity contribution in [3.8, 4) is 0 Å². The lowest BCUT2D eigenvalue weighted by molar-refractivity contribution is -0.141. The number of carbonyl (C=O) groups excluding carboxylic acids is 5. The summed E-state index contributed by atoms with van der Waals surface area (Å²) in [5.74, 6) is -2.90. The Morgan fingerprint density at radius 3 is 2.40 bits per heavy atom. The Hall–Kier alpha value is -3.69. The van der Waals surface area contributed by atoms with Crippen LogP contribution in [0.15, 0.2) is 34.7 Å². The molecule has 1 aromatic carbocycles. The second-order valence-electron chi connectivity index (χ2n) is 11.5. The van der Waals surface area contributed by atoms with Crippen LogP contribution in [-0.2, 0) is 19.2 Å². The Morgan fingerprint density at radius 2 is 1.68 bits per heavy atom. The molecule has 0 spiro atoms. The van der Waals surface area contributed by atoms with E-state index in [1.54, 1.807) is 12.1 Å². The van der Waals surface area contributed by atoms with Gasteiger partial charge in [-0.1, -0.05) is 50.3 Å². The number of nitrogens with one attached hydrogen (secondary N) is 4. The van der Waals surface area contributed by atoms with E-state index in [1.165, 1.54) is 0 Å². The number of para-hydroxylation sites is 1. The lowest BCUT2D eigenvalue weighted by atomic mass is 9.84. The van der Waals surface area contributed by atoms with Gasteiger partial charge in [0.1, 0.15) is 11.6 Å². The van der Waals surface area contributed by atoms with Crippen LogP contribution in [0.2, 0.25) is 0 Å². The molecule has 0 radical (unpaired) electrons. The summed E-state index contributed by atoms with van der Waals surface area (Å²) in [7, 11) is 0. The SMILES string of the molecule is O=C(NC1CC1)C(=O)[C@H](C[C@@H]1CCCNC1=O)NC(=O)[C@H](CC1CCCCC1)NC(=O)c1cc2ccccc2o1. The van der Waals surface area contributed by atoms with Gasteiger partial charge in [0, 0.05) is 23.9 Å². The summed E-state index contributed by atoms with van der Waals surface area (Å²) in [6.07, 6.45) is 8.61. The maximum absolute atomic E-state index is 13.7. The Kier molecular flexibility index (Phi) is 8.81. The van der Waals surface area contributed by atoms with Crippen molar-refractivity contribution in [2.24, 2.45) is 11.8 Å². The quantitative estimate of drug-likeness (QED) is 0.317. The number of benzene rings is 1. The summed E-state index contributed by atoms with van der Waals surface area (Å²) in [6.45, 7) is 0.569. The second kappa shape index (κ2) is 12.7. The van der Waals surface area contributed by atoms with Crippen LogP contribution < -0.4 is 21.3 Å². The molecule has 3 atom stereocenters. The summed E-state index contributed by atoms with van der Waals surface area (Å²) < 4.78 is 5.71. The lowest BCUT2D eigenvalue weighted by Gasteiger charge is -2.29. The first kappa shape index (κ1) is 27.9. The first-order chi connectivity index (χ1) is 19.4. The predicted molar refractivity (Wildman–Crippen MR) is 147 cm³/mol. The van der Waals surface area contributed by atoms with E-state index in [4.69, 9.17) is 4.42 Å². The molecule has 1 aromatic heterocycles. The molecule has 214 valence electrons. The third-order valence-corrected chi connectivity index (χ3v) is 8.25. The molecule has 3 fully saturated rings. The molecule has 2 heterocycles. The minimum Gasteiger partial charge on any atom is -0.451 e. The molecule has 4 N–H and O–H groups in total. The van der Waals surface area contributed by atoms with E-state index in [9.17, 15) is 24.0 Å². The highest BCUT2D eigenvalue weighted by Crippen LogP contribution is 2.28. The lowest BCUT2D eigenvalue weighted by Crippen LogP contribution is -2.55. The van der Waals surface area contributed by atoms with Crippen LogP contribution in [0.25, 0.3) is 11.0 Å². The van der Waals surface area contributed by atoms with Gasteiger partial charge in [-0.15, -0.1) is 0 Å². The number of amides is 4. The molecule has 4 amide bonds. The number of hydrogen-bond acceptors (Lipinski definition) is 6.